The number of aliphatic hydroxyl groups excluding tert-OH is 1. The van der Waals surface area contributed by atoms with Crippen molar-refractivity contribution >= 4 is 76.8 Å². The minimum Gasteiger partial charge on any atom is -0.480 e. The molecular formula is C73H105N11O13S. The number of rotatable bonds is 41. The van der Waals surface area contributed by atoms with Gasteiger partial charge in [0.05, 0.1) is 12.1 Å². The number of nitrogens with one attached hydrogen (secondary N) is 10. The number of hydrogen-bond donors (Lipinski definition) is 13. The summed E-state index contributed by atoms with van der Waals surface area (Å²) in [6.45, 7) is 18.7. The van der Waals surface area contributed by atoms with Gasteiger partial charge in [0, 0.05) is 25.7 Å². The molecule has 24 nitrogen and oxygen atoms in total. The highest BCUT2D eigenvalue weighted by Gasteiger charge is 2.40. The number of carboxylic acid groups (broad SMARTS) is 1. The molecule has 0 unspecified atom stereocenters. The van der Waals surface area contributed by atoms with Crippen LogP contribution in [-0.2, 0) is 78.4 Å². The number of thioether (sulfide) groups is 1. The molecule has 25 heteroatoms. The molecule has 0 aliphatic rings. The molecular weight excluding hydrogens is 1270 g/mol. The average Bonchev–Trinajstić information content (AvgIpc) is 0.846. The van der Waals surface area contributed by atoms with E-state index < -0.39 is 161 Å². The van der Waals surface area contributed by atoms with Gasteiger partial charge in [-0.05, 0) is 83.6 Å². The number of amides is 10. The van der Waals surface area contributed by atoms with Gasteiger partial charge in [-0.25, -0.2) is 4.79 Å². The predicted molar refractivity (Wildman–Crippen MR) is 378 cm³/mol. The van der Waals surface area contributed by atoms with Crippen LogP contribution in [0.1, 0.15) is 124 Å². The molecule has 0 aliphatic carbocycles. The monoisotopic (exact) mass is 1380 g/mol. The summed E-state index contributed by atoms with van der Waals surface area (Å²) in [5, 5.41) is 48.7. The minimum absolute atomic E-state index is 0.0156. The first-order valence-corrected chi connectivity index (χ1v) is 35.2. The maximum atomic E-state index is 14.9. The van der Waals surface area contributed by atoms with E-state index in [0.717, 1.165) is 0 Å². The molecule has 0 heterocycles. The van der Waals surface area contributed by atoms with E-state index in [4.69, 9.17) is 5.73 Å². The summed E-state index contributed by atoms with van der Waals surface area (Å²) < 4.78 is 0. The van der Waals surface area contributed by atoms with Crippen molar-refractivity contribution in [2.75, 3.05) is 12.0 Å². The number of aliphatic carboxylic acids is 1. The van der Waals surface area contributed by atoms with Gasteiger partial charge in [-0.2, -0.15) is 11.8 Å². The molecule has 14 atom stereocenters. The van der Waals surface area contributed by atoms with Crippen molar-refractivity contribution in [1.29, 1.82) is 0 Å². The van der Waals surface area contributed by atoms with E-state index in [1.807, 2.05) is 20.1 Å². The smallest absolute Gasteiger partial charge is 0.326 e. The maximum absolute atomic E-state index is 14.9. The number of aliphatic hydroxyl groups is 1. The Kier molecular flexibility index (Phi) is 34.7. The summed E-state index contributed by atoms with van der Waals surface area (Å²) in [6.07, 6.45) is 1.17. The summed E-state index contributed by atoms with van der Waals surface area (Å²) in [5.41, 5.74) is 8.71. The number of hydrogen-bond acceptors (Lipinski definition) is 14. The van der Waals surface area contributed by atoms with Crippen LogP contribution >= 0.6 is 11.8 Å². The second-order valence-electron chi connectivity index (χ2n) is 26.4. The van der Waals surface area contributed by atoms with Gasteiger partial charge in [-0.15, -0.1) is 0 Å². The van der Waals surface area contributed by atoms with Crippen LogP contribution in [0.15, 0.2) is 121 Å². The number of carboxylic acids is 1. The number of carbonyl (C=O) groups excluding carboxylic acids is 10. The molecule has 4 aromatic carbocycles. The van der Waals surface area contributed by atoms with Crippen molar-refractivity contribution in [1.82, 2.24) is 53.2 Å². The third-order valence-corrected chi connectivity index (χ3v) is 17.7. The van der Waals surface area contributed by atoms with Crippen LogP contribution in [0.3, 0.4) is 0 Å². The van der Waals surface area contributed by atoms with E-state index >= 15 is 0 Å². The van der Waals surface area contributed by atoms with Gasteiger partial charge in [0.15, 0.2) is 0 Å². The molecule has 0 bridgehead atoms. The minimum atomic E-state index is -1.75. The third kappa shape index (κ3) is 27.0. The summed E-state index contributed by atoms with van der Waals surface area (Å²) >= 11 is 1.52. The molecule has 0 saturated heterocycles. The highest BCUT2D eigenvalue weighted by atomic mass is 32.2. The molecule has 4 aromatic rings. The summed E-state index contributed by atoms with van der Waals surface area (Å²) in [7, 11) is 0. The van der Waals surface area contributed by atoms with E-state index in [1.165, 1.54) is 18.7 Å². The van der Waals surface area contributed by atoms with Gasteiger partial charge in [0.25, 0.3) is 0 Å². The molecule has 0 saturated carbocycles. The first-order valence-electron chi connectivity index (χ1n) is 33.8. The lowest BCUT2D eigenvalue weighted by Crippen LogP contribution is -2.63. The first-order chi connectivity index (χ1) is 46.5. The lowest BCUT2D eigenvalue weighted by Gasteiger charge is -2.31. The van der Waals surface area contributed by atoms with Gasteiger partial charge in [0.2, 0.25) is 59.1 Å². The number of benzene rings is 4. The van der Waals surface area contributed by atoms with Crippen molar-refractivity contribution in [3.63, 3.8) is 0 Å². The fraction of sp³-hybridized carbons (Fsp3) is 0.521. The second-order valence-corrected chi connectivity index (χ2v) is 27.3. The van der Waals surface area contributed by atoms with Crippen LogP contribution in [0.2, 0.25) is 0 Å². The molecule has 0 aromatic heterocycles. The summed E-state index contributed by atoms with van der Waals surface area (Å²) in [4.78, 5) is 156. The quantitative estimate of drug-likeness (QED) is 0.0301. The summed E-state index contributed by atoms with van der Waals surface area (Å²) in [6, 6.07) is 20.7. The van der Waals surface area contributed by atoms with Crippen LogP contribution in [0, 0.1) is 29.6 Å². The molecule has 98 heavy (non-hydrogen) atoms. The van der Waals surface area contributed by atoms with Gasteiger partial charge in [-0.1, -0.05) is 203 Å². The van der Waals surface area contributed by atoms with Crippen molar-refractivity contribution in [3.05, 3.63) is 144 Å². The lowest BCUT2D eigenvalue weighted by atomic mass is 9.95. The lowest BCUT2D eigenvalue weighted by molar-refractivity contribution is -0.143. The van der Waals surface area contributed by atoms with Crippen molar-refractivity contribution in [2.45, 2.75) is 200 Å². The fourth-order valence-corrected chi connectivity index (χ4v) is 11.3. The zero-order valence-electron chi connectivity index (χ0n) is 58.6. The maximum Gasteiger partial charge on any atom is 0.326 e. The number of nitrogens with two attached hydrogens (primary N) is 1. The molecule has 14 N–H and O–H groups in total. The van der Waals surface area contributed by atoms with Crippen LogP contribution < -0.4 is 58.9 Å². The topological polar surface area (TPSA) is 375 Å². The molecule has 0 aliphatic heterocycles. The first kappa shape index (κ1) is 81.7. The number of carbonyl (C=O) groups is 11. The SMILES string of the molecule is CC[C@H](C)[C@H](NC(=O)[C@H](Cc1ccccc1)NC(=O)[C@@H](NC(=O)[C@@H](NC(=O)[C@H](Cc1ccccc1)NC(=O)[C@H](Cc1ccccc1)NC(=O)[C@@H](NC(=O)[C@@H](N)CCSC)C(C)C)[C@@H](C)CC)[C@@H](C)O)C(=O)N[C@H](C(=O)N[C@@H](Cc1ccccc1)C(=O)N[C@@H](CC(C)C)C(=O)O)C(C)C. The van der Waals surface area contributed by atoms with Gasteiger partial charge >= 0.3 is 5.97 Å². The Morgan fingerprint density at radius 3 is 0.929 bits per heavy atom. The Morgan fingerprint density at radius 2 is 0.643 bits per heavy atom. The van der Waals surface area contributed by atoms with Gasteiger partial charge < -0.3 is 69.1 Å². The largest absolute Gasteiger partial charge is 0.480 e. The second kappa shape index (κ2) is 41.5. The van der Waals surface area contributed by atoms with E-state index in [2.05, 4.69) is 53.2 Å². The molecule has 4 rings (SSSR count). The predicted octanol–water partition coefficient (Wildman–Crippen LogP) is 3.80. The van der Waals surface area contributed by atoms with E-state index in [0.29, 0.717) is 47.3 Å². The Bertz CT molecular complexity index is 3220. The van der Waals surface area contributed by atoms with Crippen molar-refractivity contribution < 1.29 is 63.0 Å². The average molecular weight is 1380 g/mol. The van der Waals surface area contributed by atoms with Gasteiger partial charge in [0.1, 0.15) is 60.4 Å². The molecule has 0 spiro atoms. The Hall–Kier alpha value is -8.68. The highest BCUT2D eigenvalue weighted by molar-refractivity contribution is 7.98. The Morgan fingerprint density at radius 1 is 0.378 bits per heavy atom. The van der Waals surface area contributed by atoms with Crippen molar-refractivity contribution in [2.24, 2.45) is 35.3 Å². The van der Waals surface area contributed by atoms with E-state index in [1.54, 1.807) is 177 Å². The fourth-order valence-electron chi connectivity index (χ4n) is 10.8. The van der Waals surface area contributed by atoms with Crippen LogP contribution in [0.5, 0.6) is 0 Å². The van der Waals surface area contributed by atoms with Crippen LogP contribution in [-0.4, -0.2) is 160 Å². The van der Waals surface area contributed by atoms with E-state index in [9.17, 15) is 63.0 Å². The molecule has 0 fully saturated rings. The Labute approximate surface area is 581 Å². The standard InChI is InChI=1S/C73H105N11O13S/c1-13-45(9)60(70(93)81-59(44(7)8)69(92)77-54(39-49-29-21-16-22-30-49)65(88)79-57(73(96)97)37-42(3)4)82-67(90)56(41-51-33-25-18-26-34-51)78-72(95)62(47(11)85)84-71(94)61(46(10)14-2)83-66(89)55(40-50-31-23-17-24-32-50)75-64(87)53(38-48-27-19-15-20-28-48)76-68(91)58(43(5)6)80-63(86)52(74)35-36-98-12/h15-34,42-47,52-62,85H,13-14,35-41,74H2,1-12H3,(H,75,87)(H,76,91)(H,77,92)(H,78,95)(H,79,88)(H,80,86)(H,81,93)(H,82,90)(H,83,89)(H,84,94)(H,96,97)/t45-,46-,47+,52-,53-,54-,55-,56-,57-,58-,59-,60-,61-,62-/m0/s1. The van der Waals surface area contributed by atoms with Crippen LogP contribution in [0.25, 0.3) is 0 Å². The van der Waals surface area contributed by atoms with Gasteiger partial charge in [-0.3, -0.25) is 47.9 Å². The molecule has 0 radical (unpaired) electrons. The third-order valence-electron chi connectivity index (χ3n) is 17.1. The van der Waals surface area contributed by atoms with Crippen molar-refractivity contribution in [3.8, 4) is 0 Å². The summed E-state index contributed by atoms with van der Waals surface area (Å²) in [5.74, 6) is -10.7. The zero-order valence-corrected chi connectivity index (χ0v) is 59.4. The zero-order chi connectivity index (χ0) is 72.8. The molecule has 536 valence electrons. The highest BCUT2D eigenvalue weighted by Crippen LogP contribution is 2.17. The van der Waals surface area contributed by atoms with E-state index in [-0.39, 0.29) is 38.0 Å². The Balaban J connectivity index is 1.63. The normalized spacial score (nSPS) is 15.6. The molecule has 10 amide bonds. The van der Waals surface area contributed by atoms with Crippen LogP contribution in [0.4, 0.5) is 0 Å².